The van der Waals surface area contributed by atoms with Crippen molar-refractivity contribution >= 4 is 28.5 Å². The zero-order valence-corrected chi connectivity index (χ0v) is 11.0. The average Bonchev–Trinajstić information content (AvgIpc) is 2.15. The number of nitrogens with zero attached hydrogens (tertiary/aromatic N) is 1. The molecule has 0 atom stereocenters. The lowest BCUT2D eigenvalue weighted by Crippen LogP contribution is -2.31. The number of nitrogens with one attached hydrogen (secondary N) is 1. The Morgan fingerprint density at radius 3 is 2.80 bits per heavy atom. The molecule has 0 saturated heterocycles. The summed E-state index contributed by atoms with van der Waals surface area (Å²) in [4.78, 5) is 15.8. The molecule has 0 aliphatic rings. The summed E-state index contributed by atoms with van der Waals surface area (Å²) in [6, 6.07) is 1.87. The highest BCUT2D eigenvalue weighted by molar-refractivity contribution is 14.1. The summed E-state index contributed by atoms with van der Waals surface area (Å²) >= 11 is 2.09. The fourth-order valence-electron chi connectivity index (χ4n) is 1.12. The van der Waals surface area contributed by atoms with Gasteiger partial charge in [-0.15, -0.1) is 0 Å². The molecule has 82 valence electrons. The van der Waals surface area contributed by atoms with E-state index in [1.165, 1.54) is 7.11 Å². The van der Waals surface area contributed by atoms with Crippen molar-refractivity contribution < 1.29 is 9.53 Å². The van der Waals surface area contributed by atoms with Crippen molar-refractivity contribution in [2.24, 2.45) is 0 Å². The van der Waals surface area contributed by atoms with E-state index in [1.54, 1.807) is 12.3 Å². The molecular weight excluding hydrogens is 307 g/mol. The van der Waals surface area contributed by atoms with Gasteiger partial charge in [0.25, 0.3) is 5.91 Å². The smallest absolute Gasteiger partial charge is 0.258 e. The van der Waals surface area contributed by atoms with Crippen LogP contribution in [-0.2, 0) is 0 Å². The van der Waals surface area contributed by atoms with Crippen LogP contribution in [0, 0.1) is 3.57 Å². The summed E-state index contributed by atoms with van der Waals surface area (Å²) in [5.74, 6) is 0.208. The normalized spacial score (nSPS) is 10.2. The van der Waals surface area contributed by atoms with E-state index in [1.807, 2.05) is 13.8 Å². The lowest BCUT2D eigenvalue weighted by atomic mass is 10.2. The van der Waals surface area contributed by atoms with Crippen LogP contribution < -0.4 is 10.1 Å². The summed E-state index contributed by atoms with van der Waals surface area (Å²) in [6.45, 7) is 3.82. The molecule has 0 aromatic carbocycles. The minimum Gasteiger partial charge on any atom is -0.480 e. The van der Waals surface area contributed by atoms with Crippen molar-refractivity contribution in [1.29, 1.82) is 0 Å². The van der Waals surface area contributed by atoms with Gasteiger partial charge in [0.2, 0.25) is 5.88 Å². The van der Waals surface area contributed by atoms with Gasteiger partial charge in [0.1, 0.15) is 5.56 Å². The Morgan fingerprint density at radius 2 is 2.27 bits per heavy atom. The molecule has 0 radical (unpaired) electrons. The van der Waals surface area contributed by atoms with Crippen LogP contribution in [0.15, 0.2) is 12.3 Å². The molecular formula is C10H13IN2O2. The maximum atomic E-state index is 11.8. The highest BCUT2D eigenvalue weighted by Crippen LogP contribution is 2.20. The first kappa shape index (κ1) is 12.2. The number of methoxy groups -OCH3 is 1. The maximum absolute atomic E-state index is 11.8. The third-order valence-corrected chi connectivity index (χ3v) is 2.60. The summed E-state index contributed by atoms with van der Waals surface area (Å²) in [5, 5.41) is 2.81. The molecule has 15 heavy (non-hydrogen) atoms. The van der Waals surface area contributed by atoms with E-state index in [0.717, 1.165) is 3.57 Å². The molecule has 0 fully saturated rings. The predicted octanol–water partition coefficient (Wildman–Crippen LogP) is 1.83. The van der Waals surface area contributed by atoms with Crippen LogP contribution >= 0.6 is 22.6 Å². The van der Waals surface area contributed by atoms with Gasteiger partial charge in [-0.05, 0) is 42.5 Å². The fourth-order valence-corrected chi connectivity index (χ4v) is 1.75. The summed E-state index contributed by atoms with van der Waals surface area (Å²) in [5.41, 5.74) is 0.495. The lowest BCUT2D eigenvalue weighted by molar-refractivity contribution is 0.0938. The van der Waals surface area contributed by atoms with Crippen molar-refractivity contribution in [1.82, 2.24) is 10.3 Å². The number of hydrogen-bond donors (Lipinski definition) is 1. The molecule has 1 aromatic rings. The molecule has 0 aliphatic carbocycles. The Kier molecular flexibility index (Phi) is 4.31. The van der Waals surface area contributed by atoms with Gasteiger partial charge in [0.05, 0.1) is 7.11 Å². The van der Waals surface area contributed by atoms with Gasteiger partial charge in [-0.1, -0.05) is 0 Å². The van der Waals surface area contributed by atoms with Gasteiger partial charge in [0.15, 0.2) is 0 Å². The number of carbonyl (C=O) groups is 1. The molecule has 1 rings (SSSR count). The zero-order chi connectivity index (χ0) is 11.4. The molecule has 1 heterocycles. The number of aromatic nitrogens is 1. The molecule has 0 saturated carbocycles. The molecule has 0 aliphatic heterocycles. The summed E-state index contributed by atoms with van der Waals surface area (Å²) in [6.07, 6.45) is 1.62. The number of halogens is 1. The van der Waals surface area contributed by atoms with E-state index in [9.17, 15) is 4.79 Å². The number of rotatable bonds is 3. The Balaban J connectivity index is 3.06. The number of pyridine rings is 1. The number of carbonyl (C=O) groups excluding carboxylic acids is 1. The molecule has 1 aromatic heterocycles. The largest absolute Gasteiger partial charge is 0.480 e. The van der Waals surface area contributed by atoms with Crippen molar-refractivity contribution in [3.8, 4) is 5.88 Å². The summed E-state index contributed by atoms with van der Waals surface area (Å²) < 4.78 is 5.88. The third-order valence-electron chi connectivity index (χ3n) is 1.71. The van der Waals surface area contributed by atoms with E-state index in [0.29, 0.717) is 11.4 Å². The Bertz CT molecular complexity index is 366. The second kappa shape index (κ2) is 5.29. The Morgan fingerprint density at radius 1 is 1.60 bits per heavy atom. The van der Waals surface area contributed by atoms with Crippen molar-refractivity contribution in [3.63, 3.8) is 0 Å². The highest BCUT2D eigenvalue weighted by Gasteiger charge is 2.17. The van der Waals surface area contributed by atoms with Crippen LogP contribution in [0.2, 0.25) is 0 Å². The zero-order valence-electron chi connectivity index (χ0n) is 8.87. The van der Waals surface area contributed by atoms with Crippen LogP contribution in [0.3, 0.4) is 0 Å². The molecule has 0 spiro atoms. The Hall–Kier alpha value is -0.850. The Labute approximate surface area is 103 Å². The van der Waals surface area contributed by atoms with E-state index >= 15 is 0 Å². The van der Waals surface area contributed by atoms with E-state index in [-0.39, 0.29) is 11.9 Å². The van der Waals surface area contributed by atoms with Gasteiger partial charge in [-0.3, -0.25) is 4.79 Å². The first-order chi connectivity index (χ1) is 7.06. The molecule has 4 nitrogen and oxygen atoms in total. The fraction of sp³-hybridized carbons (Fsp3) is 0.400. The maximum Gasteiger partial charge on any atom is 0.258 e. The minimum absolute atomic E-state index is 0.0956. The quantitative estimate of drug-likeness (QED) is 0.865. The molecule has 0 unspecified atom stereocenters. The standard InChI is InChI=1S/C10H13IN2O2/c1-6(2)13-9(14)8-7(11)4-5-12-10(8)15-3/h4-6H,1-3H3,(H,13,14). The van der Waals surface area contributed by atoms with E-state index in [2.05, 4.69) is 32.9 Å². The predicted molar refractivity (Wildman–Crippen MR) is 66.1 cm³/mol. The van der Waals surface area contributed by atoms with Gasteiger partial charge in [0, 0.05) is 15.8 Å². The SMILES string of the molecule is COc1nccc(I)c1C(=O)NC(C)C. The van der Waals surface area contributed by atoms with Gasteiger partial charge < -0.3 is 10.1 Å². The molecule has 1 amide bonds. The number of ether oxygens (including phenoxy) is 1. The monoisotopic (exact) mass is 320 g/mol. The lowest BCUT2D eigenvalue weighted by Gasteiger charge is -2.11. The molecule has 0 bridgehead atoms. The average molecular weight is 320 g/mol. The van der Waals surface area contributed by atoms with Crippen LogP contribution in [0.4, 0.5) is 0 Å². The first-order valence-corrected chi connectivity index (χ1v) is 5.63. The van der Waals surface area contributed by atoms with Crippen LogP contribution in [-0.4, -0.2) is 24.0 Å². The second-order valence-electron chi connectivity index (χ2n) is 3.31. The van der Waals surface area contributed by atoms with Crippen LogP contribution in [0.5, 0.6) is 5.88 Å². The van der Waals surface area contributed by atoms with Crippen molar-refractivity contribution in [3.05, 3.63) is 21.4 Å². The minimum atomic E-state index is -0.153. The van der Waals surface area contributed by atoms with Gasteiger partial charge >= 0.3 is 0 Å². The van der Waals surface area contributed by atoms with Gasteiger partial charge in [-0.25, -0.2) is 4.98 Å². The topological polar surface area (TPSA) is 51.2 Å². The van der Waals surface area contributed by atoms with Crippen molar-refractivity contribution in [2.45, 2.75) is 19.9 Å². The summed E-state index contributed by atoms with van der Waals surface area (Å²) in [7, 11) is 1.50. The number of hydrogen-bond acceptors (Lipinski definition) is 3. The van der Waals surface area contributed by atoms with Crippen LogP contribution in [0.25, 0.3) is 0 Å². The molecule has 5 heteroatoms. The molecule has 1 N–H and O–H groups in total. The van der Waals surface area contributed by atoms with Crippen LogP contribution in [0.1, 0.15) is 24.2 Å². The van der Waals surface area contributed by atoms with Crippen molar-refractivity contribution in [2.75, 3.05) is 7.11 Å². The first-order valence-electron chi connectivity index (χ1n) is 4.55. The van der Waals surface area contributed by atoms with Gasteiger partial charge in [-0.2, -0.15) is 0 Å². The van der Waals surface area contributed by atoms with E-state index in [4.69, 9.17) is 4.74 Å². The number of amides is 1. The second-order valence-corrected chi connectivity index (χ2v) is 4.47. The highest BCUT2D eigenvalue weighted by atomic mass is 127. The van der Waals surface area contributed by atoms with E-state index < -0.39 is 0 Å². The third kappa shape index (κ3) is 3.05.